The van der Waals surface area contributed by atoms with Crippen molar-refractivity contribution < 1.29 is 4.74 Å². The molecule has 5 heteroatoms. The smallest absolute Gasteiger partial charge is 0.151 e. The van der Waals surface area contributed by atoms with Crippen LogP contribution in [-0.2, 0) is 0 Å². The third kappa shape index (κ3) is 3.04. The fourth-order valence-corrected chi connectivity index (χ4v) is 2.59. The standard InChI is InChI=1S/C14H21N3O2/c1-16(2)11-6-8-17(9-7-11)12-4-5-14(19-3)13(10-12)15-18/h4-5,10-11H,6-9H2,1-3H3. The van der Waals surface area contributed by atoms with E-state index in [2.05, 4.69) is 29.1 Å². The number of benzene rings is 1. The van der Waals surface area contributed by atoms with E-state index in [-0.39, 0.29) is 0 Å². The van der Waals surface area contributed by atoms with Gasteiger partial charge in [-0.15, -0.1) is 4.91 Å². The quantitative estimate of drug-likeness (QED) is 0.783. The van der Waals surface area contributed by atoms with E-state index in [1.165, 1.54) is 0 Å². The molecule has 0 aliphatic carbocycles. The van der Waals surface area contributed by atoms with Gasteiger partial charge in [0, 0.05) is 24.8 Å². The van der Waals surface area contributed by atoms with Crippen LogP contribution >= 0.6 is 0 Å². The first-order valence-corrected chi connectivity index (χ1v) is 6.58. The average molecular weight is 263 g/mol. The molecule has 0 radical (unpaired) electrons. The Morgan fingerprint density at radius 3 is 2.53 bits per heavy atom. The minimum atomic E-state index is 0.370. The number of nitroso groups, excluding NO2 is 1. The zero-order valence-corrected chi connectivity index (χ0v) is 11.8. The highest BCUT2D eigenvalue weighted by Crippen LogP contribution is 2.33. The zero-order valence-electron chi connectivity index (χ0n) is 11.8. The Kier molecular flexibility index (Phi) is 4.37. The summed E-state index contributed by atoms with van der Waals surface area (Å²) in [6.45, 7) is 2.01. The van der Waals surface area contributed by atoms with Crippen molar-refractivity contribution in [1.82, 2.24) is 4.90 Å². The molecular weight excluding hydrogens is 242 g/mol. The van der Waals surface area contributed by atoms with Gasteiger partial charge in [-0.25, -0.2) is 0 Å². The SMILES string of the molecule is COc1ccc(N2CCC(N(C)C)CC2)cc1N=O. The summed E-state index contributed by atoms with van der Waals surface area (Å²) < 4.78 is 5.11. The van der Waals surface area contributed by atoms with Gasteiger partial charge in [0.2, 0.25) is 0 Å². The zero-order chi connectivity index (χ0) is 13.8. The monoisotopic (exact) mass is 263 g/mol. The molecule has 0 unspecified atom stereocenters. The second-order valence-corrected chi connectivity index (χ2v) is 5.13. The largest absolute Gasteiger partial charge is 0.494 e. The lowest BCUT2D eigenvalue weighted by molar-refractivity contribution is 0.249. The van der Waals surface area contributed by atoms with Gasteiger partial charge in [-0.05, 0) is 50.3 Å². The molecule has 0 atom stereocenters. The molecule has 0 N–H and O–H groups in total. The van der Waals surface area contributed by atoms with Gasteiger partial charge in [-0.2, -0.15) is 0 Å². The molecule has 5 nitrogen and oxygen atoms in total. The Balaban J connectivity index is 2.09. The number of nitrogens with zero attached hydrogens (tertiary/aromatic N) is 3. The molecule has 0 bridgehead atoms. The lowest BCUT2D eigenvalue weighted by Gasteiger charge is -2.36. The molecule has 0 spiro atoms. The maximum absolute atomic E-state index is 10.8. The molecule has 1 aliphatic heterocycles. The van der Waals surface area contributed by atoms with Crippen LogP contribution in [-0.4, -0.2) is 45.2 Å². The lowest BCUT2D eigenvalue weighted by atomic mass is 10.0. The number of hydrogen-bond acceptors (Lipinski definition) is 5. The van der Waals surface area contributed by atoms with Gasteiger partial charge in [0.25, 0.3) is 0 Å². The van der Waals surface area contributed by atoms with Crippen LogP contribution in [0.15, 0.2) is 23.4 Å². The third-order valence-corrected chi connectivity index (χ3v) is 3.82. The van der Waals surface area contributed by atoms with Crippen LogP contribution in [0.5, 0.6) is 5.75 Å². The van der Waals surface area contributed by atoms with Crippen molar-refractivity contribution in [2.24, 2.45) is 5.18 Å². The second kappa shape index (κ2) is 6.02. The Bertz CT molecular complexity index is 440. The van der Waals surface area contributed by atoms with Crippen molar-refractivity contribution in [2.75, 3.05) is 39.2 Å². The van der Waals surface area contributed by atoms with Gasteiger partial charge in [0.1, 0.15) is 5.75 Å². The van der Waals surface area contributed by atoms with Gasteiger partial charge >= 0.3 is 0 Å². The Morgan fingerprint density at radius 1 is 1.32 bits per heavy atom. The van der Waals surface area contributed by atoms with E-state index < -0.39 is 0 Å². The molecule has 1 aliphatic rings. The highest BCUT2D eigenvalue weighted by Gasteiger charge is 2.21. The minimum Gasteiger partial charge on any atom is -0.494 e. The number of methoxy groups -OCH3 is 1. The summed E-state index contributed by atoms with van der Waals surface area (Å²) in [5, 5.41) is 3.03. The first kappa shape index (κ1) is 13.8. The number of ether oxygens (including phenoxy) is 1. The van der Waals surface area contributed by atoms with Crippen LogP contribution in [0.4, 0.5) is 11.4 Å². The summed E-state index contributed by atoms with van der Waals surface area (Å²) in [4.78, 5) is 15.4. The molecule has 104 valence electrons. The number of rotatable bonds is 4. The summed E-state index contributed by atoms with van der Waals surface area (Å²) >= 11 is 0. The molecule has 0 aromatic heterocycles. The van der Waals surface area contributed by atoms with E-state index in [0.717, 1.165) is 31.6 Å². The molecule has 0 amide bonds. The van der Waals surface area contributed by atoms with Gasteiger partial charge in [-0.3, -0.25) is 0 Å². The van der Waals surface area contributed by atoms with Crippen LogP contribution in [0.25, 0.3) is 0 Å². The van der Waals surface area contributed by atoms with Gasteiger partial charge < -0.3 is 14.5 Å². The fourth-order valence-electron chi connectivity index (χ4n) is 2.59. The molecular formula is C14H21N3O2. The van der Waals surface area contributed by atoms with Crippen LogP contribution in [0.1, 0.15) is 12.8 Å². The highest BCUT2D eigenvalue weighted by molar-refractivity contribution is 5.62. The molecule has 1 saturated heterocycles. The topological polar surface area (TPSA) is 45.1 Å². The molecule has 19 heavy (non-hydrogen) atoms. The van der Waals surface area contributed by atoms with Gasteiger partial charge in [-0.1, -0.05) is 0 Å². The van der Waals surface area contributed by atoms with E-state index in [1.807, 2.05) is 18.2 Å². The second-order valence-electron chi connectivity index (χ2n) is 5.13. The maximum Gasteiger partial charge on any atom is 0.151 e. The van der Waals surface area contributed by atoms with Crippen molar-refractivity contribution in [3.8, 4) is 5.75 Å². The van der Waals surface area contributed by atoms with Crippen LogP contribution in [0.2, 0.25) is 0 Å². The average Bonchev–Trinajstić information content (AvgIpc) is 2.46. The number of piperidine rings is 1. The van der Waals surface area contributed by atoms with E-state index in [0.29, 0.717) is 17.5 Å². The van der Waals surface area contributed by atoms with Crippen molar-refractivity contribution >= 4 is 11.4 Å². The molecule has 0 saturated carbocycles. The van der Waals surface area contributed by atoms with E-state index >= 15 is 0 Å². The molecule has 1 aromatic carbocycles. The van der Waals surface area contributed by atoms with Crippen molar-refractivity contribution in [3.63, 3.8) is 0 Å². The van der Waals surface area contributed by atoms with E-state index in [4.69, 9.17) is 4.74 Å². The van der Waals surface area contributed by atoms with E-state index in [1.54, 1.807) is 7.11 Å². The number of anilines is 1. The predicted octanol–water partition coefficient (Wildman–Crippen LogP) is 2.62. The molecule has 1 aromatic rings. The van der Waals surface area contributed by atoms with Crippen LogP contribution in [0.3, 0.4) is 0 Å². The predicted molar refractivity (Wildman–Crippen MR) is 77.4 cm³/mol. The van der Waals surface area contributed by atoms with Crippen molar-refractivity contribution in [1.29, 1.82) is 0 Å². The Hall–Kier alpha value is -1.62. The first-order chi connectivity index (χ1) is 9.15. The van der Waals surface area contributed by atoms with Crippen LogP contribution in [0, 0.1) is 4.91 Å². The third-order valence-electron chi connectivity index (χ3n) is 3.82. The first-order valence-electron chi connectivity index (χ1n) is 6.58. The lowest BCUT2D eigenvalue weighted by Crippen LogP contribution is -2.41. The highest BCUT2D eigenvalue weighted by atomic mass is 16.5. The van der Waals surface area contributed by atoms with Crippen LogP contribution < -0.4 is 9.64 Å². The molecule has 1 heterocycles. The van der Waals surface area contributed by atoms with Crippen molar-refractivity contribution in [2.45, 2.75) is 18.9 Å². The molecule has 2 rings (SSSR count). The Labute approximate surface area is 114 Å². The summed E-state index contributed by atoms with van der Waals surface area (Å²) in [6.07, 6.45) is 2.28. The summed E-state index contributed by atoms with van der Waals surface area (Å²) in [6, 6.07) is 6.26. The minimum absolute atomic E-state index is 0.370. The molecule has 1 fully saturated rings. The van der Waals surface area contributed by atoms with Gasteiger partial charge in [0.05, 0.1) is 7.11 Å². The van der Waals surface area contributed by atoms with Gasteiger partial charge in [0.15, 0.2) is 5.69 Å². The number of hydrogen-bond donors (Lipinski definition) is 0. The normalized spacial score (nSPS) is 16.7. The summed E-state index contributed by atoms with van der Waals surface area (Å²) in [7, 11) is 5.80. The van der Waals surface area contributed by atoms with E-state index in [9.17, 15) is 4.91 Å². The Morgan fingerprint density at radius 2 is 2.00 bits per heavy atom. The fraction of sp³-hybridized carbons (Fsp3) is 0.571. The summed E-state index contributed by atoms with van der Waals surface area (Å²) in [5.41, 5.74) is 1.42. The van der Waals surface area contributed by atoms with Crippen molar-refractivity contribution in [3.05, 3.63) is 23.1 Å². The summed E-state index contributed by atoms with van der Waals surface area (Å²) in [5.74, 6) is 0.530. The maximum atomic E-state index is 10.8.